The smallest absolute Gasteiger partial charge is 0.257 e. The Morgan fingerprint density at radius 3 is 2.44 bits per heavy atom. The Labute approximate surface area is 242 Å². The van der Waals surface area contributed by atoms with E-state index in [-0.39, 0.29) is 11.3 Å². The Hall–Kier alpha value is -4.43. The van der Waals surface area contributed by atoms with Gasteiger partial charge in [-0.05, 0) is 79.4 Å². The van der Waals surface area contributed by atoms with E-state index in [1.807, 2.05) is 42.5 Å². The highest BCUT2D eigenvalue weighted by Crippen LogP contribution is 2.31. The molecule has 1 aromatic heterocycles. The normalized spacial score (nSPS) is 11.0. The summed E-state index contributed by atoms with van der Waals surface area (Å²) in [5.41, 5.74) is 3.09. The summed E-state index contributed by atoms with van der Waals surface area (Å²) in [5.74, 6) is 0.675. The average molecular weight is 571 g/mol. The first-order valence-corrected chi connectivity index (χ1v) is 14.2. The lowest BCUT2D eigenvalue weighted by molar-refractivity contribution is 0.102. The van der Waals surface area contributed by atoms with Crippen molar-refractivity contribution in [2.45, 2.75) is 19.3 Å². The van der Waals surface area contributed by atoms with Crippen LogP contribution >= 0.6 is 11.3 Å². The molecular weight excluding hydrogens is 539 g/mol. The molecule has 0 atom stereocenters. The zero-order valence-electron chi connectivity index (χ0n) is 23.2. The van der Waals surface area contributed by atoms with E-state index >= 15 is 0 Å². The number of hydrogen-bond donors (Lipinski definition) is 1. The molecule has 0 saturated heterocycles. The minimum atomic E-state index is -0.458. The summed E-state index contributed by atoms with van der Waals surface area (Å²) in [6, 6.07) is 23.0. The number of halogens is 1. The topological polar surface area (TPSA) is 67.9 Å². The Morgan fingerprint density at radius 1 is 0.902 bits per heavy atom. The maximum Gasteiger partial charge on any atom is 0.257 e. The number of fused-ring (bicyclic) bond motifs is 2. The van der Waals surface area contributed by atoms with Crippen LogP contribution in [0.2, 0.25) is 0 Å². The van der Waals surface area contributed by atoms with Gasteiger partial charge in [0.15, 0.2) is 16.9 Å². The molecule has 1 N–H and O–H groups in total. The van der Waals surface area contributed by atoms with Crippen LogP contribution in [0.15, 0.2) is 83.7 Å². The van der Waals surface area contributed by atoms with Gasteiger partial charge in [-0.25, -0.2) is 4.39 Å². The minimum Gasteiger partial charge on any atom is -0.493 e. The Kier molecular flexibility index (Phi) is 8.50. The number of carbonyl (C=O) groups excluding carboxylic acids is 1. The number of ether oxygens (including phenoxy) is 2. The molecule has 8 heteroatoms. The number of benzene rings is 4. The SMILES string of the molecule is COc1ccc(N(C)CCCCc2ccc(NC(=O)c3cccc4c(=O)c5cc(F)ccc5sc34)cc2)cc1OC. The fourth-order valence-corrected chi connectivity index (χ4v) is 6.01. The van der Waals surface area contributed by atoms with E-state index in [2.05, 4.69) is 17.3 Å². The molecule has 0 bridgehead atoms. The molecule has 1 amide bonds. The summed E-state index contributed by atoms with van der Waals surface area (Å²) in [4.78, 5) is 28.4. The molecular formula is C33H31FN2O4S. The summed E-state index contributed by atoms with van der Waals surface area (Å²) in [6.45, 7) is 0.908. The summed E-state index contributed by atoms with van der Waals surface area (Å²) in [7, 11) is 5.33. The second-order valence-electron chi connectivity index (χ2n) is 9.82. The van der Waals surface area contributed by atoms with E-state index in [4.69, 9.17) is 9.47 Å². The molecule has 210 valence electrons. The third-order valence-corrected chi connectivity index (χ3v) is 8.35. The van der Waals surface area contributed by atoms with Crippen LogP contribution in [0.4, 0.5) is 15.8 Å². The second kappa shape index (κ2) is 12.4. The molecule has 0 fully saturated rings. The third-order valence-electron chi connectivity index (χ3n) is 7.13. The number of amides is 1. The first-order chi connectivity index (χ1) is 19.9. The van der Waals surface area contributed by atoms with Gasteiger partial charge in [-0.15, -0.1) is 11.3 Å². The van der Waals surface area contributed by atoms with Gasteiger partial charge < -0.3 is 19.7 Å². The predicted molar refractivity (Wildman–Crippen MR) is 166 cm³/mol. The molecule has 0 spiro atoms. The van der Waals surface area contributed by atoms with Crippen molar-refractivity contribution in [2.75, 3.05) is 38.0 Å². The molecule has 0 aliphatic carbocycles. The molecule has 5 aromatic rings. The molecule has 4 aromatic carbocycles. The van der Waals surface area contributed by atoms with Crippen LogP contribution < -0.4 is 25.1 Å². The van der Waals surface area contributed by atoms with Crippen molar-refractivity contribution >= 4 is 48.8 Å². The first-order valence-electron chi connectivity index (χ1n) is 13.4. The summed E-state index contributed by atoms with van der Waals surface area (Å²) >= 11 is 1.31. The van der Waals surface area contributed by atoms with Crippen LogP contribution in [0.25, 0.3) is 20.2 Å². The summed E-state index contributed by atoms with van der Waals surface area (Å²) in [6.07, 6.45) is 2.98. The van der Waals surface area contributed by atoms with Crippen molar-refractivity contribution in [3.63, 3.8) is 0 Å². The minimum absolute atomic E-state index is 0.276. The number of methoxy groups -OCH3 is 2. The number of nitrogens with one attached hydrogen (secondary N) is 1. The molecule has 0 aliphatic rings. The van der Waals surface area contributed by atoms with Crippen LogP contribution in [0, 0.1) is 5.82 Å². The lowest BCUT2D eigenvalue weighted by atomic mass is 10.1. The monoisotopic (exact) mass is 570 g/mol. The van der Waals surface area contributed by atoms with Crippen molar-refractivity contribution < 1.29 is 18.7 Å². The Balaban J connectivity index is 1.19. The van der Waals surface area contributed by atoms with Gasteiger partial charge >= 0.3 is 0 Å². The third kappa shape index (κ3) is 6.18. The number of hydrogen-bond acceptors (Lipinski definition) is 6. The fraction of sp³-hybridized carbons (Fsp3) is 0.212. The van der Waals surface area contributed by atoms with Gasteiger partial charge in [-0.2, -0.15) is 0 Å². The second-order valence-corrected chi connectivity index (χ2v) is 10.9. The van der Waals surface area contributed by atoms with Gasteiger partial charge in [0.25, 0.3) is 5.91 Å². The van der Waals surface area contributed by atoms with Gasteiger partial charge in [0.2, 0.25) is 0 Å². The van der Waals surface area contributed by atoms with E-state index in [0.717, 1.165) is 31.5 Å². The van der Waals surface area contributed by atoms with Gasteiger partial charge in [0, 0.05) is 46.5 Å². The van der Waals surface area contributed by atoms with E-state index in [9.17, 15) is 14.0 Å². The first kappa shape index (κ1) is 28.1. The number of rotatable bonds is 10. The van der Waals surface area contributed by atoms with Crippen molar-refractivity contribution in [3.05, 3.63) is 106 Å². The number of carbonyl (C=O) groups is 1. The maximum atomic E-state index is 13.7. The largest absolute Gasteiger partial charge is 0.493 e. The van der Waals surface area contributed by atoms with Crippen LogP contribution in [0.3, 0.4) is 0 Å². The van der Waals surface area contributed by atoms with Gasteiger partial charge in [-0.1, -0.05) is 18.2 Å². The lowest BCUT2D eigenvalue weighted by Gasteiger charge is -2.20. The Morgan fingerprint density at radius 2 is 1.68 bits per heavy atom. The molecule has 0 saturated carbocycles. The van der Waals surface area contributed by atoms with E-state index < -0.39 is 5.82 Å². The average Bonchev–Trinajstić information content (AvgIpc) is 2.99. The Bertz CT molecular complexity index is 1770. The zero-order chi connectivity index (χ0) is 28.9. The molecule has 1 heterocycles. The van der Waals surface area contributed by atoms with Gasteiger partial charge in [-0.3, -0.25) is 9.59 Å². The van der Waals surface area contributed by atoms with Crippen LogP contribution in [-0.2, 0) is 6.42 Å². The van der Waals surface area contributed by atoms with Gasteiger partial charge in [0.05, 0.1) is 24.5 Å². The van der Waals surface area contributed by atoms with Crippen molar-refractivity contribution in [2.24, 2.45) is 0 Å². The van der Waals surface area contributed by atoms with Crippen LogP contribution in [0.1, 0.15) is 28.8 Å². The highest BCUT2D eigenvalue weighted by atomic mass is 32.1. The number of unbranched alkanes of at least 4 members (excludes halogenated alkanes) is 1. The van der Waals surface area contributed by atoms with Crippen molar-refractivity contribution in [1.82, 2.24) is 0 Å². The number of anilines is 2. The number of aryl methyl sites for hydroxylation is 1. The highest BCUT2D eigenvalue weighted by molar-refractivity contribution is 7.24. The maximum absolute atomic E-state index is 13.7. The molecule has 41 heavy (non-hydrogen) atoms. The quantitative estimate of drug-likeness (QED) is 0.141. The number of nitrogens with zero attached hydrogens (tertiary/aromatic N) is 1. The van der Waals surface area contributed by atoms with E-state index in [1.54, 1.807) is 38.5 Å². The van der Waals surface area contributed by atoms with Crippen molar-refractivity contribution in [1.29, 1.82) is 0 Å². The van der Waals surface area contributed by atoms with Crippen LogP contribution in [-0.4, -0.2) is 33.7 Å². The molecule has 5 rings (SSSR count). The van der Waals surface area contributed by atoms with E-state index in [0.29, 0.717) is 42.9 Å². The predicted octanol–water partition coefficient (Wildman–Crippen LogP) is 7.28. The molecule has 0 unspecified atom stereocenters. The zero-order valence-corrected chi connectivity index (χ0v) is 24.0. The molecule has 0 radical (unpaired) electrons. The highest BCUT2D eigenvalue weighted by Gasteiger charge is 2.15. The van der Waals surface area contributed by atoms with E-state index in [1.165, 1.54) is 29.0 Å². The fourth-order valence-electron chi connectivity index (χ4n) is 4.85. The van der Waals surface area contributed by atoms with Crippen LogP contribution in [0.5, 0.6) is 11.5 Å². The molecule has 0 aliphatic heterocycles. The lowest BCUT2D eigenvalue weighted by Crippen LogP contribution is -2.18. The summed E-state index contributed by atoms with van der Waals surface area (Å²) < 4.78 is 25.7. The van der Waals surface area contributed by atoms with Crippen molar-refractivity contribution in [3.8, 4) is 11.5 Å². The van der Waals surface area contributed by atoms with Gasteiger partial charge in [0.1, 0.15) is 5.82 Å². The molecule has 6 nitrogen and oxygen atoms in total. The summed E-state index contributed by atoms with van der Waals surface area (Å²) in [5, 5.41) is 3.68. The standard InChI is InChI=1S/C33H31FN2O4S/c1-36(24-15-16-28(39-2)29(20-24)40-3)18-5-4-7-21-10-13-23(14-11-21)35-33(38)26-9-6-8-25-31(37)27-19-22(34)12-17-30(27)41-32(25)26/h6,8-17,19-20H,4-5,7,18H2,1-3H3,(H,35,38).